The third-order valence-electron chi connectivity index (χ3n) is 7.69. The number of carbonyl (C=O) groups is 2. The molecule has 4 heteroatoms. The Morgan fingerprint density at radius 3 is 1.51 bits per heavy atom. The van der Waals surface area contributed by atoms with Crippen LogP contribution in [0.1, 0.15) is 49.9 Å². The molecule has 0 spiro atoms. The maximum Gasteiger partial charge on any atom is 0.255 e. The highest BCUT2D eigenvalue weighted by Crippen LogP contribution is 2.56. The molecule has 4 nitrogen and oxygen atoms in total. The fourth-order valence-corrected chi connectivity index (χ4v) is 5.77. The zero-order valence-electron chi connectivity index (χ0n) is 21.9. The summed E-state index contributed by atoms with van der Waals surface area (Å²) < 4.78 is 0. The van der Waals surface area contributed by atoms with Gasteiger partial charge in [-0.3, -0.25) is 9.59 Å². The summed E-state index contributed by atoms with van der Waals surface area (Å²) >= 11 is 0. The molecule has 6 rings (SSSR count). The van der Waals surface area contributed by atoms with Crippen molar-refractivity contribution in [2.24, 2.45) is 0 Å². The number of Topliss-reactive ketones (excluding diaryl/α,β-unsaturated/α-hetero) is 1. The summed E-state index contributed by atoms with van der Waals surface area (Å²) in [5.41, 5.74) is 9.62. The Kier molecular flexibility index (Phi) is 6.08. The van der Waals surface area contributed by atoms with E-state index in [0.29, 0.717) is 16.8 Å². The molecule has 1 aliphatic carbocycles. The van der Waals surface area contributed by atoms with E-state index in [1.165, 1.54) is 34.7 Å². The SMILES string of the molecule is CNc1ccc(C2(c3ccc(NC(=O)c4ccc(C(C)=O)cc4)cc3)c3ccccc3-c3ccccc32)cc1. The van der Waals surface area contributed by atoms with E-state index in [0.717, 1.165) is 11.3 Å². The van der Waals surface area contributed by atoms with Crippen molar-refractivity contribution < 1.29 is 9.59 Å². The smallest absolute Gasteiger partial charge is 0.255 e. The van der Waals surface area contributed by atoms with E-state index in [9.17, 15) is 9.59 Å². The van der Waals surface area contributed by atoms with Crippen LogP contribution in [-0.4, -0.2) is 18.7 Å². The highest BCUT2D eigenvalue weighted by molar-refractivity contribution is 6.05. The van der Waals surface area contributed by atoms with Crippen molar-refractivity contribution in [3.8, 4) is 11.1 Å². The van der Waals surface area contributed by atoms with Crippen LogP contribution in [0.4, 0.5) is 11.4 Å². The van der Waals surface area contributed by atoms with Crippen molar-refractivity contribution in [3.63, 3.8) is 0 Å². The Bertz CT molecular complexity index is 1640. The van der Waals surface area contributed by atoms with E-state index < -0.39 is 5.41 Å². The van der Waals surface area contributed by atoms with Gasteiger partial charge in [-0.2, -0.15) is 0 Å². The van der Waals surface area contributed by atoms with Crippen LogP contribution in [0.25, 0.3) is 11.1 Å². The van der Waals surface area contributed by atoms with Gasteiger partial charge in [-0.1, -0.05) is 84.9 Å². The summed E-state index contributed by atoms with van der Waals surface area (Å²) in [5.74, 6) is -0.242. The van der Waals surface area contributed by atoms with Crippen molar-refractivity contribution in [2.45, 2.75) is 12.3 Å². The van der Waals surface area contributed by atoms with Gasteiger partial charge in [-0.15, -0.1) is 0 Å². The van der Waals surface area contributed by atoms with Crippen molar-refractivity contribution >= 4 is 23.1 Å². The second kappa shape index (κ2) is 9.73. The first-order valence-electron chi connectivity index (χ1n) is 13.0. The molecule has 5 aromatic rings. The van der Waals surface area contributed by atoms with E-state index >= 15 is 0 Å². The quantitative estimate of drug-likeness (QED) is 0.228. The summed E-state index contributed by atoms with van der Waals surface area (Å²) in [6.07, 6.45) is 0. The molecule has 1 amide bonds. The molecule has 1 aliphatic rings. The Morgan fingerprint density at radius 1 is 0.564 bits per heavy atom. The number of hydrogen-bond donors (Lipinski definition) is 2. The van der Waals surface area contributed by atoms with Crippen molar-refractivity contribution in [3.05, 3.63) is 155 Å². The van der Waals surface area contributed by atoms with Gasteiger partial charge in [0.1, 0.15) is 0 Å². The lowest BCUT2D eigenvalue weighted by Gasteiger charge is -2.34. The number of fused-ring (bicyclic) bond motifs is 3. The molecule has 5 aromatic carbocycles. The highest BCUT2D eigenvalue weighted by atomic mass is 16.1. The minimum atomic E-state index is -0.496. The van der Waals surface area contributed by atoms with Gasteiger partial charge in [0.05, 0.1) is 5.41 Å². The first-order chi connectivity index (χ1) is 19.0. The molecule has 0 aliphatic heterocycles. The fraction of sp³-hybridized carbons (Fsp3) is 0.0857. The highest BCUT2D eigenvalue weighted by Gasteiger charge is 2.45. The van der Waals surface area contributed by atoms with Crippen molar-refractivity contribution in [2.75, 3.05) is 17.7 Å². The molecule has 0 unspecified atom stereocenters. The molecule has 39 heavy (non-hydrogen) atoms. The van der Waals surface area contributed by atoms with Crippen molar-refractivity contribution in [1.29, 1.82) is 0 Å². The van der Waals surface area contributed by atoms with Crippen LogP contribution in [0.5, 0.6) is 0 Å². The van der Waals surface area contributed by atoms with Gasteiger partial charge in [-0.05, 0) is 76.7 Å². The monoisotopic (exact) mass is 508 g/mol. The molecule has 0 saturated heterocycles. The van der Waals surface area contributed by atoms with E-state index in [4.69, 9.17) is 0 Å². The van der Waals surface area contributed by atoms with E-state index in [2.05, 4.69) is 95.6 Å². The van der Waals surface area contributed by atoms with E-state index in [-0.39, 0.29) is 11.7 Å². The Balaban J connectivity index is 1.43. The largest absolute Gasteiger partial charge is 0.388 e. The molecule has 0 radical (unpaired) electrons. The van der Waals surface area contributed by atoms with Gasteiger partial charge in [0, 0.05) is 29.5 Å². The predicted molar refractivity (Wildman–Crippen MR) is 158 cm³/mol. The molecule has 0 heterocycles. The molecule has 0 bridgehead atoms. The third kappa shape index (κ3) is 4.02. The van der Waals surface area contributed by atoms with Gasteiger partial charge >= 0.3 is 0 Å². The zero-order valence-corrected chi connectivity index (χ0v) is 21.9. The summed E-state index contributed by atoms with van der Waals surface area (Å²) in [7, 11) is 1.93. The normalized spacial score (nSPS) is 12.8. The average Bonchev–Trinajstić information content (AvgIpc) is 3.29. The fourth-order valence-electron chi connectivity index (χ4n) is 5.77. The molecular weight excluding hydrogens is 480 g/mol. The first kappa shape index (κ1) is 24.4. The molecular formula is C35H28N2O2. The Hall–Kier alpha value is -4.96. The van der Waals surface area contributed by atoms with Crippen molar-refractivity contribution in [1.82, 2.24) is 0 Å². The third-order valence-corrected chi connectivity index (χ3v) is 7.69. The minimum Gasteiger partial charge on any atom is -0.388 e. The number of nitrogens with one attached hydrogen (secondary N) is 2. The number of benzene rings is 5. The summed E-state index contributed by atoms with van der Waals surface area (Å²) in [4.78, 5) is 24.5. The lowest BCUT2D eigenvalue weighted by molar-refractivity contribution is 0.101. The second-order valence-electron chi connectivity index (χ2n) is 9.83. The Morgan fingerprint density at radius 2 is 1.03 bits per heavy atom. The minimum absolute atomic E-state index is 0.0258. The molecule has 0 fully saturated rings. The van der Waals surface area contributed by atoms with Crippen LogP contribution < -0.4 is 10.6 Å². The van der Waals surface area contributed by atoms with Crippen LogP contribution in [0.2, 0.25) is 0 Å². The maximum absolute atomic E-state index is 12.9. The lowest BCUT2D eigenvalue weighted by atomic mass is 9.67. The summed E-state index contributed by atoms with van der Waals surface area (Å²) in [6, 6.07) is 40.7. The topological polar surface area (TPSA) is 58.2 Å². The first-order valence-corrected chi connectivity index (χ1v) is 13.0. The van der Waals surface area contributed by atoms with E-state index in [1.807, 2.05) is 19.2 Å². The van der Waals surface area contributed by atoms with Gasteiger partial charge in [0.25, 0.3) is 5.91 Å². The lowest BCUT2D eigenvalue weighted by Crippen LogP contribution is -2.28. The van der Waals surface area contributed by atoms with Crippen LogP contribution in [0.15, 0.2) is 121 Å². The number of amides is 1. The van der Waals surface area contributed by atoms with E-state index in [1.54, 1.807) is 24.3 Å². The van der Waals surface area contributed by atoms with Gasteiger partial charge in [-0.25, -0.2) is 0 Å². The maximum atomic E-state index is 12.9. The van der Waals surface area contributed by atoms with Gasteiger partial charge < -0.3 is 10.6 Å². The average molecular weight is 509 g/mol. The standard InChI is InChI=1S/C35H28N2O2/c1-23(38)24-11-13-25(14-12-24)34(39)37-29-21-17-27(18-22-29)35(26-15-19-28(36-2)20-16-26)32-9-5-3-7-30(32)31-8-4-6-10-33(31)35/h3-22,36H,1-2H3,(H,37,39). The summed E-state index contributed by atoms with van der Waals surface area (Å²) in [6.45, 7) is 1.51. The van der Waals surface area contributed by atoms with Crippen LogP contribution in [-0.2, 0) is 5.41 Å². The number of hydrogen-bond acceptors (Lipinski definition) is 3. The predicted octanol–water partition coefficient (Wildman–Crippen LogP) is 7.55. The molecule has 0 saturated carbocycles. The zero-order chi connectivity index (χ0) is 27.0. The molecule has 0 aromatic heterocycles. The summed E-state index contributed by atoms with van der Waals surface area (Å²) in [5, 5.41) is 6.22. The number of ketones is 1. The Labute approximate surface area is 228 Å². The van der Waals surface area contributed by atoms with Crippen LogP contribution >= 0.6 is 0 Å². The van der Waals surface area contributed by atoms with Crippen LogP contribution in [0.3, 0.4) is 0 Å². The molecule has 190 valence electrons. The number of carbonyl (C=O) groups excluding carboxylic acids is 2. The molecule has 2 N–H and O–H groups in total. The molecule has 0 atom stereocenters. The van der Waals surface area contributed by atoms with Gasteiger partial charge in [0.15, 0.2) is 5.78 Å². The second-order valence-corrected chi connectivity index (χ2v) is 9.83. The number of anilines is 2. The number of rotatable bonds is 6. The van der Waals surface area contributed by atoms with Crippen LogP contribution in [0, 0.1) is 0 Å². The van der Waals surface area contributed by atoms with Gasteiger partial charge in [0.2, 0.25) is 0 Å².